The van der Waals surface area contributed by atoms with Gasteiger partial charge in [0.25, 0.3) is 0 Å². The molecule has 0 aliphatic carbocycles. The number of rotatable bonds is 1. The summed E-state index contributed by atoms with van der Waals surface area (Å²) in [4.78, 5) is 9.57. The summed E-state index contributed by atoms with van der Waals surface area (Å²) < 4.78 is 0. The molecule has 0 saturated carbocycles. The van der Waals surface area contributed by atoms with Gasteiger partial charge in [-0.25, -0.2) is 0 Å². The van der Waals surface area contributed by atoms with E-state index in [4.69, 9.17) is 0 Å². The van der Waals surface area contributed by atoms with Crippen LogP contribution in [0.1, 0.15) is 6.42 Å². The molecule has 0 spiro atoms. The second kappa shape index (κ2) is 1.68. The number of hydrogen-bond acceptors (Lipinski definition) is 3. The highest BCUT2D eigenvalue weighted by molar-refractivity contribution is 5.58. The molecule has 1 aliphatic rings. The summed E-state index contributed by atoms with van der Waals surface area (Å²) in [5.74, 6) is 0. The molecule has 4 nitrogen and oxygen atoms in total. The smallest absolute Gasteiger partial charge is 0.0750 e. The average Bonchev–Trinajstić information content (AvgIpc) is 2.14. The van der Waals surface area contributed by atoms with E-state index >= 15 is 0 Å². The highest BCUT2D eigenvalue weighted by Gasteiger charge is 2.01. The molecule has 0 N–H and O–H groups in total. The van der Waals surface area contributed by atoms with Gasteiger partial charge in [-0.2, -0.15) is 5.10 Å². The summed E-state index contributed by atoms with van der Waals surface area (Å²) in [7, 11) is 0. The van der Waals surface area contributed by atoms with Crippen molar-refractivity contribution in [3.05, 3.63) is 4.91 Å². The lowest BCUT2D eigenvalue weighted by Gasteiger charge is -1.95. The number of hydrogen-bond donors (Lipinski definition) is 0. The van der Waals surface area contributed by atoms with Crippen LogP contribution in [0.4, 0.5) is 0 Å². The second-order valence-electron chi connectivity index (χ2n) is 1.26. The van der Waals surface area contributed by atoms with Crippen molar-refractivity contribution in [3.8, 4) is 0 Å². The fourth-order valence-electron chi connectivity index (χ4n) is 0.445. The molecule has 1 aliphatic heterocycles. The maximum Gasteiger partial charge on any atom is 0.0750 e. The van der Waals surface area contributed by atoms with Gasteiger partial charge in [-0.15, -0.1) is 10.0 Å². The van der Waals surface area contributed by atoms with Crippen LogP contribution < -0.4 is 0 Å². The molecule has 38 valence electrons. The Kier molecular flexibility index (Phi) is 1.02. The molecular formula is C3H5N3O. The Labute approximate surface area is 40.8 Å². The molecule has 0 unspecified atom stereocenters. The van der Waals surface area contributed by atoms with E-state index in [0.717, 1.165) is 11.5 Å². The van der Waals surface area contributed by atoms with E-state index in [0.29, 0.717) is 6.54 Å². The van der Waals surface area contributed by atoms with Crippen molar-refractivity contribution in [3.63, 3.8) is 0 Å². The molecule has 0 aromatic heterocycles. The lowest BCUT2D eigenvalue weighted by atomic mass is 10.5. The zero-order valence-corrected chi connectivity index (χ0v) is 3.74. The minimum atomic E-state index is 0.642. The van der Waals surface area contributed by atoms with Gasteiger partial charge < -0.3 is 0 Å². The Morgan fingerprint density at radius 2 is 2.71 bits per heavy atom. The largest absolute Gasteiger partial charge is 0.165 e. The quantitative estimate of drug-likeness (QED) is 0.445. The van der Waals surface area contributed by atoms with Gasteiger partial charge in [0.2, 0.25) is 0 Å². The van der Waals surface area contributed by atoms with E-state index < -0.39 is 0 Å². The molecule has 0 amide bonds. The first-order valence-electron chi connectivity index (χ1n) is 2.07. The maximum absolute atomic E-state index is 9.57. The van der Waals surface area contributed by atoms with Crippen molar-refractivity contribution in [2.45, 2.75) is 6.42 Å². The molecule has 0 bridgehead atoms. The van der Waals surface area contributed by atoms with Crippen LogP contribution >= 0.6 is 0 Å². The fraction of sp³-hybridized carbons (Fsp3) is 0.667. The highest BCUT2D eigenvalue weighted by Crippen LogP contribution is 1.97. The molecule has 0 fully saturated rings. The summed E-state index contributed by atoms with van der Waals surface area (Å²) in [6, 6.07) is 0. The van der Waals surface area contributed by atoms with Crippen molar-refractivity contribution in [2.24, 2.45) is 10.4 Å². The predicted octanol–water partition coefficient (Wildman–Crippen LogP) is 0.359. The summed E-state index contributed by atoms with van der Waals surface area (Å²) in [6.45, 7) is 0.642. The van der Waals surface area contributed by atoms with E-state index in [9.17, 15) is 4.91 Å². The van der Waals surface area contributed by atoms with Crippen LogP contribution in [0.2, 0.25) is 0 Å². The van der Waals surface area contributed by atoms with Crippen LogP contribution in [0.3, 0.4) is 0 Å². The monoisotopic (exact) mass is 99.0 g/mol. The van der Waals surface area contributed by atoms with E-state index in [1.165, 1.54) is 0 Å². The summed E-state index contributed by atoms with van der Waals surface area (Å²) in [5.41, 5.74) is 0. The molecule has 0 saturated heterocycles. The normalized spacial score (nSPS) is 18.0. The van der Waals surface area contributed by atoms with Crippen LogP contribution in [0.25, 0.3) is 0 Å². The van der Waals surface area contributed by atoms with Crippen LogP contribution in [-0.4, -0.2) is 17.9 Å². The van der Waals surface area contributed by atoms with E-state index in [-0.39, 0.29) is 0 Å². The van der Waals surface area contributed by atoms with Crippen molar-refractivity contribution in [1.82, 2.24) is 5.12 Å². The van der Waals surface area contributed by atoms with Gasteiger partial charge in [0, 0.05) is 12.6 Å². The first-order chi connectivity index (χ1) is 3.43. The number of nitrogens with zero attached hydrogens (tertiary/aromatic N) is 3. The topological polar surface area (TPSA) is 45.0 Å². The Hall–Kier alpha value is -0.930. The molecule has 0 atom stereocenters. The third kappa shape index (κ3) is 0.734. The van der Waals surface area contributed by atoms with Crippen molar-refractivity contribution < 1.29 is 0 Å². The third-order valence-corrected chi connectivity index (χ3v) is 0.767. The summed E-state index contributed by atoms with van der Waals surface area (Å²) in [6.07, 6.45) is 2.51. The predicted molar refractivity (Wildman–Crippen MR) is 25.6 cm³/mol. The Balaban J connectivity index is 2.42. The molecular weight excluding hydrogens is 94.1 g/mol. The summed E-state index contributed by atoms with van der Waals surface area (Å²) >= 11 is 0. The lowest BCUT2D eigenvalue weighted by Crippen LogP contribution is -2.02. The Morgan fingerprint density at radius 1 is 1.86 bits per heavy atom. The van der Waals surface area contributed by atoms with Gasteiger partial charge in [0.05, 0.1) is 11.8 Å². The first kappa shape index (κ1) is 4.23. The Morgan fingerprint density at radius 3 is 3.00 bits per heavy atom. The first-order valence-corrected chi connectivity index (χ1v) is 2.07. The lowest BCUT2D eigenvalue weighted by molar-refractivity contribution is 0.332. The second-order valence-corrected chi connectivity index (χ2v) is 1.26. The summed E-state index contributed by atoms with van der Waals surface area (Å²) in [5, 5.41) is 7.28. The van der Waals surface area contributed by atoms with Gasteiger partial charge in [-0.05, 0) is 0 Å². The zero-order valence-electron chi connectivity index (χ0n) is 3.74. The van der Waals surface area contributed by atoms with Gasteiger partial charge in [0.1, 0.15) is 0 Å². The molecule has 0 aromatic rings. The molecule has 0 aromatic carbocycles. The van der Waals surface area contributed by atoms with Crippen LogP contribution in [0.15, 0.2) is 10.4 Å². The van der Waals surface area contributed by atoms with E-state index in [1.807, 2.05) is 0 Å². The van der Waals surface area contributed by atoms with Crippen LogP contribution in [0, 0.1) is 4.91 Å². The number of nitroso groups, excluding NO2 is 1. The maximum atomic E-state index is 9.57. The fourth-order valence-corrected chi connectivity index (χ4v) is 0.445. The standard InChI is InChI=1S/C3H5N3O/c7-5-6-3-1-2-4-6/h2H,1,3H2. The molecule has 1 heterocycles. The zero-order chi connectivity index (χ0) is 5.11. The average molecular weight is 99.1 g/mol. The number of hydrazone groups is 1. The van der Waals surface area contributed by atoms with Crippen molar-refractivity contribution in [1.29, 1.82) is 0 Å². The molecule has 7 heavy (non-hydrogen) atoms. The SMILES string of the molecule is O=NN1CCC=N1. The minimum Gasteiger partial charge on any atom is -0.165 e. The van der Waals surface area contributed by atoms with E-state index in [2.05, 4.69) is 10.4 Å². The van der Waals surface area contributed by atoms with Gasteiger partial charge in [-0.3, -0.25) is 0 Å². The van der Waals surface area contributed by atoms with Gasteiger partial charge in [-0.1, -0.05) is 0 Å². The Bertz CT molecular complexity index is 100. The minimum absolute atomic E-state index is 0.642. The van der Waals surface area contributed by atoms with Crippen LogP contribution in [-0.2, 0) is 0 Å². The van der Waals surface area contributed by atoms with Crippen molar-refractivity contribution in [2.75, 3.05) is 6.54 Å². The van der Waals surface area contributed by atoms with Crippen LogP contribution in [0.5, 0.6) is 0 Å². The third-order valence-electron chi connectivity index (χ3n) is 0.767. The van der Waals surface area contributed by atoms with Gasteiger partial charge >= 0.3 is 0 Å². The molecule has 0 radical (unpaired) electrons. The highest BCUT2D eigenvalue weighted by atomic mass is 16.3. The molecule has 4 heteroatoms. The molecule has 1 rings (SSSR count). The van der Waals surface area contributed by atoms with Gasteiger partial charge in [0.15, 0.2) is 0 Å². The van der Waals surface area contributed by atoms with Crippen molar-refractivity contribution >= 4 is 6.21 Å². The van der Waals surface area contributed by atoms with E-state index in [1.54, 1.807) is 6.21 Å².